The molecule has 0 unspecified atom stereocenters. The summed E-state index contributed by atoms with van der Waals surface area (Å²) >= 11 is 0. The number of hydrogen-bond acceptors (Lipinski definition) is 5. The predicted octanol–water partition coefficient (Wildman–Crippen LogP) is 3.80. The molecule has 1 aromatic heterocycles. The van der Waals surface area contributed by atoms with Gasteiger partial charge in [0, 0.05) is 25.8 Å². The number of rotatable bonds is 6. The average molecular weight is 348 g/mol. The molecule has 0 saturated carbocycles. The highest BCUT2D eigenvalue weighted by molar-refractivity contribution is 5.56. The first-order valence-corrected chi connectivity index (χ1v) is 8.65. The van der Waals surface area contributed by atoms with Gasteiger partial charge in [0.15, 0.2) is 0 Å². The molecule has 1 saturated heterocycles. The number of methoxy groups -OCH3 is 2. The lowest BCUT2D eigenvalue weighted by Gasteiger charge is -2.34. The van der Waals surface area contributed by atoms with E-state index in [-0.39, 0.29) is 0 Å². The Hall–Kier alpha value is -1.92. The number of halogens is 1. The lowest BCUT2D eigenvalue weighted by molar-refractivity contribution is 0.0590. The summed E-state index contributed by atoms with van der Waals surface area (Å²) in [7, 11) is 3.25. The first-order valence-electron chi connectivity index (χ1n) is 8.65. The molecule has 1 aromatic carbocycles. The number of piperidine rings is 1. The van der Waals surface area contributed by atoms with Crippen LogP contribution >= 0.6 is 0 Å². The van der Waals surface area contributed by atoms with Crippen molar-refractivity contribution in [3.8, 4) is 17.2 Å². The summed E-state index contributed by atoms with van der Waals surface area (Å²) in [5.74, 6) is 1.11. The summed E-state index contributed by atoms with van der Waals surface area (Å²) in [5.41, 5.74) is 1.20. The molecule has 6 heteroatoms. The van der Waals surface area contributed by atoms with Crippen molar-refractivity contribution in [3.63, 3.8) is 0 Å². The van der Waals surface area contributed by atoms with Crippen LogP contribution in [0.1, 0.15) is 30.7 Å². The molecular formula is C19H25FN2O3. The van der Waals surface area contributed by atoms with Crippen molar-refractivity contribution >= 4 is 0 Å². The molecule has 0 radical (unpaired) electrons. The first-order chi connectivity index (χ1) is 12.1. The van der Waals surface area contributed by atoms with Crippen LogP contribution in [0.15, 0.2) is 22.6 Å². The second-order valence-electron chi connectivity index (χ2n) is 6.44. The van der Waals surface area contributed by atoms with Gasteiger partial charge < -0.3 is 13.9 Å². The minimum absolute atomic E-state index is 0.313. The minimum Gasteiger partial charge on any atom is -0.497 e. The predicted molar refractivity (Wildman–Crippen MR) is 93.1 cm³/mol. The monoisotopic (exact) mass is 348 g/mol. The van der Waals surface area contributed by atoms with E-state index in [0.29, 0.717) is 29.8 Å². The smallest absolute Gasteiger partial charge is 0.229 e. The highest BCUT2D eigenvalue weighted by Gasteiger charge is 2.25. The van der Waals surface area contributed by atoms with Crippen LogP contribution in [0.5, 0.6) is 5.75 Å². The SMILES string of the molecule is COC[C@@H]1CCCCN1Cc1nc(-c2ccc(OC)cc2F)oc1C. The van der Waals surface area contributed by atoms with Crippen molar-refractivity contribution in [1.82, 2.24) is 9.88 Å². The molecule has 0 bridgehead atoms. The fourth-order valence-electron chi connectivity index (χ4n) is 3.33. The third kappa shape index (κ3) is 4.02. The zero-order valence-corrected chi connectivity index (χ0v) is 15.0. The van der Waals surface area contributed by atoms with E-state index < -0.39 is 5.82 Å². The molecule has 0 N–H and O–H groups in total. The second kappa shape index (κ2) is 7.97. The Kier molecular flexibility index (Phi) is 5.71. The van der Waals surface area contributed by atoms with Gasteiger partial charge in [0.25, 0.3) is 0 Å². The van der Waals surface area contributed by atoms with Crippen molar-refractivity contribution in [2.24, 2.45) is 0 Å². The molecule has 1 fully saturated rings. The van der Waals surface area contributed by atoms with Gasteiger partial charge >= 0.3 is 0 Å². The van der Waals surface area contributed by atoms with Crippen molar-refractivity contribution in [2.75, 3.05) is 27.4 Å². The third-order valence-corrected chi connectivity index (χ3v) is 4.76. The van der Waals surface area contributed by atoms with E-state index in [0.717, 1.165) is 31.0 Å². The minimum atomic E-state index is -0.401. The van der Waals surface area contributed by atoms with Gasteiger partial charge in [-0.05, 0) is 38.4 Å². The average Bonchev–Trinajstić information content (AvgIpc) is 2.97. The maximum absolute atomic E-state index is 14.3. The van der Waals surface area contributed by atoms with E-state index in [9.17, 15) is 4.39 Å². The molecule has 1 aliphatic heterocycles. The third-order valence-electron chi connectivity index (χ3n) is 4.76. The van der Waals surface area contributed by atoms with E-state index in [1.807, 2.05) is 6.92 Å². The summed E-state index contributed by atoms with van der Waals surface area (Å²) in [6.07, 6.45) is 3.53. The second-order valence-corrected chi connectivity index (χ2v) is 6.44. The lowest BCUT2D eigenvalue weighted by Crippen LogP contribution is -2.41. The molecule has 1 aliphatic rings. The van der Waals surface area contributed by atoms with E-state index >= 15 is 0 Å². The molecule has 2 aromatic rings. The lowest BCUT2D eigenvalue weighted by atomic mass is 10.0. The molecule has 2 heterocycles. The van der Waals surface area contributed by atoms with Gasteiger partial charge in [0.1, 0.15) is 17.3 Å². The highest BCUT2D eigenvalue weighted by atomic mass is 19.1. The highest BCUT2D eigenvalue weighted by Crippen LogP contribution is 2.28. The number of benzene rings is 1. The van der Waals surface area contributed by atoms with Gasteiger partial charge in [-0.2, -0.15) is 0 Å². The maximum Gasteiger partial charge on any atom is 0.229 e. The number of hydrogen-bond donors (Lipinski definition) is 0. The molecule has 1 atom stereocenters. The molecule has 0 spiro atoms. The number of ether oxygens (including phenoxy) is 2. The Balaban J connectivity index is 1.80. The molecule has 25 heavy (non-hydrogen) atoms. The van der Waals surface area contributed by atoms with Crippen LogP contribution in [0.3, 0.4) is 0 Å². The van der Waals surface area contributed by atoms with Gasteiger partial charge in [-0.1, -0.05) is 6.42 Å². The molecule has 5 nitrogen and oxygen atoms in total. The van der Waals surface area contributed by atoms with Gasteiger partial charge in [-0.3, -0.25) is 4.90 Å². The van der Waals surface area contributed by atoms with Crippen LogP contribution in [0.4, 0.5) is 4.39 Å². The Morgan fingerprint density at radius 1 is 1.32 bits per heavy atom. The molecular weight excluding hydrogens is 323 g/mol. The normalized spacial score (nSPS) is 18.5. The first kappa shape index (κ1) is 17.9. The summed E-state index contributed by atoms with van der Waals surface area (Å²) in [6, 6.07) is 5.08. The summed E-state index contributed by atoms with van der Waals surface area (Å²) < 4.78 is 30.4. The molecule has 0 aliphatic carbocycles. The summed E-state index contributed by atoms with van der Waals surface area (Å²) in [5, 5.41) is 0. The van der Waals surface area contributed by atoms with Crippen LogP contribution < -0.4 is 4.74 Å². The Morgan fingerprint density at radius 3 is 2.88 bits per heavy atom. The fourth-order valence-corrected chi connectivity index (χ4v) is 3.33. The number of aryl methyl sites for hydroxylation is 1. The number of oxazole rings is 1. The van der Waals surface area contributed by atoms with Crippen molar-refractivity contribution in [1.29, 1.82) is 0 Å². The van der Waals surface area contributed by atoms with Crippen molar-refractivity contribution in [3.05, 3.63) is 35.5 Å². The van der Waals surface area contributed by atoms with E-state index in [2.05, 4.69) is 9.88 Å². The summed E-state index contributed by atoms with van der Waals surface area (Å²) in [6.45, 7) is 4.31. The fraction of sp³-hybridized carbons (Fsp3) is 0.526. The van der Waals surface area contributed by atoms with E-state index in [1.165, 1.54) is 26.0 Å². The number of aromatic nitrogens is 1. The Labute approximate surface area is 147 Å². The standard InChI is InChI=1S/C19H25FN2O3/c1-13-18(11-22-9-5-4-6-14(22)12-23-2)21-19(25-13)16-8-7-15(24-3)10-17(16)20/h7-8,10,14H,4-6,9,11-12H2,1-3H3/t14-/m0/s1. The number of likely N-dealkylation sites (tertiary alicyclic amines) is 1. The molecule has 136 valence electrons. The zero-order valence-electron chi connectivity index (χ0n) is 15.0. The largest absolute Gasteiger partial charge is 0.497 e. The zero-order chi connectivity index (χ0) is 17.8. The molecule has 3 rings (SSSR count). The van der Waals surface area contributed by atoms with Crippen LogP contribution in [0.25, 0.3) is 11.5 Å². The van der Waals surface area contributed by atoms with Crippen molar-refractivity contribution in [2.45, 2.75) is 38.8 Å². The van der Waals surface area contributed by atoms with Crippen LogP contribution in [0.2, 0.25) is 0 Å². The van der Waals surface area contributed by atoms with Crippen molar-refractivity contribution < 1.29 is 18.3 Å². The van der Waals surface area contributed by atoms with Gasteiger partial charge in [0.05, 0.1) is 25.0 Å². The Bertz CT molecular complexity index is 715. The quantitative estimate of drug-likeness (QED) is 0.795. The van der Waals surface area contributed by atoms with Crippen LogP contribution in [0, 0.1) is 12.7 Å². The van der Waals surface area contributed by atoms with Gasteiger partial charge in [-0.15, -0.1) is 0 Å². The van der Waals surface area contributed by atoms with E-state index in [1.54, 1.807) is 19.2 Å². The number of nitrogens with zero attached hydrogens (tertiary/aromatic N) is 2. The maximum atomic E-state index is 14.3. The van der Waals surface area contributed by atoms with Gasteiger partial charge in [0.2, 0.25) is 5.89 Å². The van der Waals surface area contributed by atoms with Crippen LogP contribution in [-0.4, -0.2) is 43.3 Å². The Morgan fingerprint density at radius 2 is 2.16 bits per heavy atom. The molecule has 0 amide bonds. The van der Waals surface area contributed by atoms with Crippen LogP contribution in [-0.2, 0) is 11.3 Å². The topological polar surface area (TPSA) is 47.7 Å². The van der Waals surface area contributed by atoms with Gasteiger partial charge in [-0.25, -0.2) is 9.37 Å². The summed E-state index contributed by atoms with van der Waals surface area (Å²) in [4.78, 5) is 6.94. The van der Waals surface area contributed by atoms with E-state index in [4.69, 9.17) is 13.9 Å².